The van der Waals surface area contributed by atoms with E-state index >= 15 is 0 Å². The van der Waals surface area contributed by atoms with Crippen molar-refractivity contribution in [1.29, 1.82) is 5.26 Å². The van der Waals surface area contributed by atoms with Crippen LogP contribution >= 0.6 is 0 Å². The molecular weight excluding hydrogens is 228 g/mol. The van der Waals surface area contributed by atoms with Crippen molar-refractivity contribution >= 4 is 11.6 Å². The van der Waals surface area contributed by atoms with Gasteiger partial charge in [-0.3, -0.25) is 4.79 Å². The standard InChI is InChI=1S/C13H12N4O/c1-9-4-3-5-11(10(9)6-14)16-13(18)12-7-15-8-17(12)2/h3-5,7-8H,1-2H3,(H,16,18). The maximum atomic E-state index is 12.0. The summed E-state index contributed by atoms with van der Waals surface area (Å²) in [5.74, 6) is -0.280. The number of nitrogens with zero attached hydrogens (tertiary/aromatic N) is 3. The van der Waals surface area contributed by atoms with Gasteiger partial charge in [0.2, 0.25) is 0 Å². The molecule has 1 aromatic carbocycles. The predicted molar refractivity (Wildman–Crippen MR) is 67.1 cm³/mol. The van der Waals surface area contributed by atoms with E-state index in [1.54, 1.807) is 30.1 Å². The van der Waals surface area contributed by atoms with Gasteiger partial charge in [-0.2, -0.15) is 5.26 Å². The Morgan fingerprint density at radius 1 is 1.50 bits per heavy atom. The van der Waals surface area contributed by atoms with Gasteiger partial charge in [0.15, 0.2) is 0 Å². The zero-order valence-electron chi connectivity index (χ0n) is 10.1. The number of nitriles is 1. The Morgan fingerprint density at radius 3 is 2.89 bits per heavy atom. The molecule has 1 heterocycles. The third kappa shape index (κ3) is 2.09. The number of hydrogen-bond acceptors (Lipinski definition) is 3. The Hall–Kier alpha value is -2.61. The van der Waals surface area contributed by atoms with Crippen LogP contribution in [0.1, 0.15) is 21.6 Å². The van der Waals surface area contributed by atoms with Crippen molar-refractivity contribution in [1.82, 2.24) is 9.55 Å². The highest BCUT2D eigenvalue weighted by Crippen LogP contribution is 2.18. The molecule has 0 aliphatic rings. The summed E-state index contributed by atoms with van der Waals surface area (Å²) in [6.07, 6.45) is 3.04. The van der Waals surface area contributed by atoms with Gasteiger partial charge in [0.25, 0.3) is 5.91 Å². The van der Waals surface area contributed by atoms with E-state index in [-0.39, 0.29) is 5.91 Å². The van der Waals surface area contributed by atoms with Crippen molar-refractivity contribution in [2.75, 3.05) is 5.32 Å². The van der Waals surface area contributed by atoms with E-state index in [4.69, 9.17) is 5.26 Å². The van der Waals surface area contributed by atoms with Crippen LogP contribution in [-0.4, -0.2) is 15.5 Å². The number of nitrogens with one attached hydrogen (secondary N) is 1. The quantitative estimate of drug-likeness (QED) is 0.870. The second kappa shape index (κ2) is 4.72. The van der Waals surface area contributed by atoms with E-state index in [0.717, 1.165) is 5.56 Å². The lowest BCUT2D eigenvalue weighted by molar-refractivity contribution is 0.101. The molecule has 1 aromatic heterocycles. The maximum absolute atomic E-state index is 12.0. The summed E-state index contributed by atoms with van der Waals surface area (Å²) in [6.45, 7) is 1.83. The lowest BCUT2D eigenvalue weighted by Crippen LogP contribution is -2.16. The van der Waals surface area contributed by atoms with Gasteiger partial charge in [-0.05, 0) is 18.6 Å². The number of hydrogen-bond donors (Lipinski definition) is 1. The number of benzene rings is 1. The highest BCUT2D eigenvalue weighted by Gasteiger charge is 2.12. The minimum Gasteiger partial charge on any atom is -0.330 e. The van der Waals surface area contributed by atoms with Crippen LogP contribution in [0.25, 0.3) is 0 Å². The number of carbonyl (C=O) groups excluding carboxylic acids is 1. The average molecular weight is 240 g/mol. The third-order valence-electron chi connectivity index (χ3n) is 2.68. The summed E-state index contributed by atoms with van der Waals surface area (Å²) in [5, 5.41) is 11.8. The van der Waals surface area contributed by atoms with Crippen molar-refractivity contribution in [3.05, 3.63) is 47.5 Å². The van der Waals surface area contributed by atoms with Crippen LogP contribution in [0.3, 0.4) is 0 Å². The molecule has 0 aliphatic carbocycles. The Labute approximate surface area is 105 Å². The third-order valence-corrected chi connectivity index (χ3v) is 2.68. The SMILES string of the molecule is Cc1cccc(NC(=O)c2cncn2C)c1C#N. The van der Waals surface area contributed by atoms with Crippen molar-refractivity contribution in [3.63, 3.8) is 0 Å². The molecule has 90 valence electrons. The van der Waals surface area contributed by atoms with Gasteiger partial charge in [0, 0.05) is 7.05 Å². The molecule has 2 aromatic rings. The summed E-state index contributed by atoms with van der Waals surface area (Å²) >= 11 is 0. The second-order valence-electron chi connectivity index (χ2n) is 3.95. The van der Waals surface area contributed by atoms with Gasteiger partial charge in [0.05, 0.1) is 23.8 Å². The summed E-state index contributed by atoms with van der Waals surface area (Å²) in [5.41, 5.74) is 2.28. The molecule has 0 unspecified atom stereocenters. The highest BCUT2D eigenvalue weighted by molar-refractivity contribution is 6.03. The number of imidazole rings is 1. The molecule has 0 saturated carbocycles. The van der Waals surface area contributed by atoms with Crippen molar-refractivity contribution in [3.8, 4) is 6.07 Å². The van der Waals surface area contributed by atoms with Crippen LogP contribution < -0.4 is 5.32 Å². The van der Waals surface area contributed by atoms with Crippen LogP contribution in [0, 0.1) is 18.3 Å². The summed E-state index contributed by atoms with van der Waals surface area (Å²) in [6, 6.07) is 7.43. The van der Waals surface area contributed by atoms with Gasteiger partial charge < -0.3 is 9.88 Å². The van der Waals surface area contributed by atoms with E-state index < -0.39 is 0 Å². The molecule has 5 heteroatoms. The topological polar surface area (TPSA) is 70.7 Å². The van der Waals surface area contributed by atoms with Crippen LogP contribution in [0.15, 0.2) is 30.7 Å². The highest BCUT2D eigenvalue weighted by atomic mass is 16.2. The Morgan fingerprint density at radius 2 is 2.28 bits per heavy atom. The van der Waals surface area contributed by atoms with Crippen molar-refractivity contribution in [2.24, 2.45) is 7.05 Å². The van der Waals surface area contributed by atoms with E-state index in [2.05, 4.69) is 16.4 Å². The molecule has 0 radical (unpaired) electrons. The first-order chi connectivity index (χ1) is 8.63. The van der Waals surface area contributed by atoms with Gasteiger partial charge in [-0.15, -0.1) is 0 Å². The number of anilines is 1. The molecule has 1 amide bonds. The smallest absolute Gasteiger partial charge is 0.273 e. The van der Waals surface area contributed by atoms with Gasteiger partial charge in [-0.25, -0.2) is 4.98 Å². The van der Waals surface area contributed by atoms with Crippen LogP contribution in [0.5, 0.6) is 0 Å². The fraction of sp³-hybridized carbons (Fsp3) is 0.154. The van der Waals surface area contributed by atoms with Crippen molar-refractivity contribution < 1.29 is 4.79 Å². The molecule has 5 nitrogen and oxygen atoms in total. The monoisotopic (exact) mass is 240 g/mol. The van der Waals surface area contributed by atoms with Crippen LogP contribution in [0.2, 0.25) is 0 Å². The molecule has 2 rings (SSSR count). The molecule has 18 heavy (non-hydrogen) atoms. The van der Waals surface area contributed by atoms with E-state index in [1.807, 2.05) is 13.0 Å². The van der Waals surface area contributed by atoms with Crippen LogP contribution in [0.4, 0.5) is 5.69 Å². The summed E-state index contributed by atoms with van der Waals surface area (Å²) < 4.78 is 1.62. The normalized spacial score (nSPS) is 9.83. The molecule has 0 spiro atoms. The minimum absolute atomic E-state index is 0.280. The average Bonchev–Trinajstić information content (AvgIpc) is 2.76. The van der Waals surface area contributed by atoms with Crippen LogP contribution in [-0.2, 0) is 7.05 Å². The Kier molecular flexibility index (Phi) is 3.11. The van der Waals surface area contributed by atoms with E-state index in [9.17, 15) is 4.79 Å². The van der Waals surface area contributed by atoms with Gasteiger partial charge in [0.1, 0.15) is 11.8 Å². The van der Waals surface area contributed by atoms with E-state index in [0.29, 0.717) is 16.9 Å². The largest absolute Gasteiger partial charge is 0.330 e. The minimum atomic E-state index is -0.280. The zero-order chi connectivity index (χ0) is 13.1. The number of rotatable bonds is 2. The first-order valence-electron chi connectivity index (χ1n) is 5.41. The number of aromatic nitrogens is 2. The van der Waals surface area contributed by atoms with Crippen molar-refractivity contribution in [2.45, 2.75) is 6.92 Å². The first kappa shape index (κ1) is 11.9. The molecule has 0 bridgehead atoms. The second-order valence-corrected chi connectivity index (χ2v) is 3.95. The lowest BCUT2D eigenvalue weighted by Gasteiger charge is -2.08. The molecule has 1 N–H and O–H groups in total. The fourth-order valence-corrected chi connectivity index (χ4v) is 1.68. The Bertz CT molecular complexity index is 637. The van der Waals surface area contributed by atoms with Gasteiger partial charge >= 0.3 is 0 Å². The number of carbonyl (C=O) groups is 1. The Balaban J connectivity index is 2.31. The molecule has 0 aliphatic heterocycles. The number of amides is 1. The summed E-state index contributed by atoms with van der Waals surface area (Å²) in [7, 11) is 1.74. The van der Waals surface area contributed by atoms with E-state index in [1.165, 1.54) is 6.20 Å². The van der Waals surface area contributed by atoms with Gasteiger partial charge in [-0.1, -0.05) is 12.1 Å². The predicted octanol–water partition coefficient (Wildman–Crippen LogP) is 1.85. The molecular formula is C13H12N4O. The maximum Gasteiger partial charge on any atom is 0.273 e. The zero-order valence-corrected chi connectivity index (χ0v) is 10.1. The fourth-order valence-electron chi connectivity index (χ4n) is 1.68. The lowest BCUT2D eigenvalue weighted by atomic mass is 10.1. The molecule has 0 atom stereocenters. The molecule has 0 saturated heterocycles. The number of aryl methyl sites for hydroxylation is 2. The molecule has 0 fully saturated rings. The first-order valence-corrected chi connectivity index (χ1v) is 5.41. The summed E-state index contributed by atoms with van der Waals surface area (Å²) in [4.78, 5) is 15.9.